The van der Waals surface area contributed by atoms with Gasteiger partial charge in [0.1, 0.15) is 18.7 Å². The fraction of sp³-hybridized carbons (Fsp3) is 0.304. The van der Waals surface area contributed by atoms with Crippen LogP contribution in [0.3, 0.4) is 0 Å². The molecular weight excluding hydrogens is 414 g/mol. The minimum absolute atomic E-state index is 0.00955. The first-order valence-electron chi connectivity index (χ1n) is 10.1. The van der Waals surface area contributed by atoms with E-state index in [1.54, 1.807) is 24.3 Å². The third kappa shape index (κ3) is 8.47. The molecule has 0 heterocycles. The van der Waals surface area contributed by atoms with E-state index < -0.39 is 36.0 Å². The largest absolute Gasteiger partial charge is 0.467 e. The third-order valence-electron chi connectivity index (χ3n) is 4.59. The quantitative estimate of drug-likeness (QED) is 0.452. The maximum Gasteiger partial charge on any atom is 0.408 e. The molecule has 32 heavy (non-hydrogen) atoms. The highest BCUT2D eigenvalue weighted by atomic mass is 16.5. The number of esters is 1. The zero-order valence-electron chi connectivity index (χ0n) is 17.8. The smallest absolute Gasteiger partial charge is 0.408 e. The molecule has 0 aliphatic rings. The van der Waals surface area contributed by atoms with E-state index >= 15 is 0 Å². The van der Waals surface area contributed by atoms with Gasteiger partial charge < -0.3 is 25.8 Å². The van der Waals surface area contributed by atoms with Crippen LogP contribution in [-0.2, 0) is 36.9 Å². The summed E-state index contributed by atoms with van der Waals surface area (Å²) >= 11 is 0. The van der Waals surface area contributed by atoms with Crippen molar-refractivity contribution in [3.8, 4) is 0 Å². The van der Waals surface area contributed by atoms with Gasteiger partial charge in [0.2, 0.25) is 11.8 Å². The van der Waals surface area contributed by atoms with Crippen molar-refractivity contribution in [3.05, 3.63) is 71.8 Å². The molecule has 0 spiro atoms. The van der Waals surface area contributed by atoms with Crippen molar-refractivity contribution < 1.29 is 28.7 Å². The summed E-state index contributed by atoms with van der Waals surface area (Å²) in [5, 5.41) is 5.02. The minimum Gasteiger partial charge on any atom is -0.467 e. The third-order valence-corrected chi connectivity index (χ3v) is 4.59. The number of carbonyl (C=O) groups is 4. The van der Waals surface area contributed by atoms with Crippen molar-refractivity contribution in [1.29, 1.82) is 0 Å². The lowest BCUT2D eigenvalue weighted by Crippen LogP contribution is -2.52. The highest BCUT2D eigenvalue weighted by Gasteiger charge is 2.28. The van der Waals surface area contributed by atoms with Gasteiger partial charge in [0.05, 0.1) is 7.11 Å². The van der Waals surface area contributed by atoms with E-state index in [-0.39, 0.29) is 25.9 Å². The molecule has 9 nitrogen and oxygen atoms in total. The summed E-state index contributed by atoms with van der Waals surface area (Å²) in [5.74, 6) is -1.92. The summed E-state index contributed by atoms with van der Waals surface area (Å²) in [7, 11) is 1.22. The summed E-state index contributed by atoms with van der Waals surface area (Å²) in [5.41, 5.74) is 6.78. The highest BCUT2D eigenvalue weighted by molar-refractivity contribution is 5.90. The maximum absolute atomic E-state index is 12.8. The second kappa shape index (κ2) is 12.7. The molecule has 0 aliphatic heterocycles. The number of amides is 3. The van der Waals surface area contributed by atoms with Gasteiger partial charge in [-0.3, -0.25) is 9.59 Å². The molecule has 2 unspecified atom stereocenters. The number of primary amides is 1. The molecule has 0 fully saturated rings. The Kier molecular flexibility index (Phi) is 9.70. The molecule has 9 heteroatoms. The van der Waals surface area contributed by atoms with Crippen molar-refractivity contribution in [2.75, 3.05) is 7.11 Å². The molecule has 4 N–H and O–H groups in total. The van der Waals surface area contributed by atoms with Gasteiger partial charge in [-0.15, -0.1) is 0 Å². The molecule has 2 aromatic rings. The van der Waals surface area contributed by atoms with E-state index in [1.807, 2.05) is 36.4 Å². The second-order valence-electron chi connectivity index (χ2n) is 7.04. The number of ether oxygens (including phenoxy) is 2. The standard InChI is InChI=1S/C23H27N3O6/c1-31-22(29)19(14-16-8-4-2-5-9-16)25-21(28)18(12-13-20(24)27)26-23(30)32-15-17-10-6-3-7-11-17/h2-11,18-19H,12-15H2,1H3,(H2,24,27)(H,25,28)(H,26,30). The van der Waals surface area contributed by atoms with Gasteiger partial charge in [-0.2, -0.15) is 0 Å². The minimum atomic E-state index is -1.13. The molecule has 2 rings (SSSR count). The van der Waals surface area contributed by atoms with Gasteiger partial charge in [0.25, 0.3) is 0 Å². The van der Waals surface area contributed by atoms with Crippen LogP contribution in [0.25, 0.3) is 0 Å². The Morgan fingerprint density at radius 3 is 2.03 bits per heavy atom. The van der Waals surface area contributed by atoms with Gasteiger partial charge in [-0.05, 0) is 17.5 Å². The molecule has 0 radical (unpaired) electrons. The molecule has 0 aliphatic carbocycles. The number of hydrogen-bond donors (Lipinski definition) is 3. The Balaban J connectivity index is 2.03. The van der Waals surface area contributed by atoms with Gasteiger partial charge >= 0.3 is 12.1 Å². The van der Waals surface area contributed by atoms with Crippen molar-refractivity contribution in [2.45, 2.75) is 38.0 Å². The Hall–Kier alpha value is -3.88. The number of methoxy groups -OCH3 is 1. The molecule has 0 saturated carbocycles. The summed E-state index contributed by atoms with van der Waals surface area (Å²) in [6.07, 6.45) is -0.837. The molecule has 2 atom stereocenters. The predicted octanol–water partition coefficient (Wildman–Crippen LogP) is 1.45. The molecule has 2 aromatic carbocycles. The second-order valence-corrected chi connectivity index (χ2v) is 7.04. The van der Waals surface area contributed by atoms with Gasteiger partial charge in [0.15, 0.2) is 0 Å². The molecule has 0 aromatic heterocycles. The number of nitrogens with one attached hydrogen (secondary N) is 2. The van der Waals surface area contributed by atoms with E-state index in [2.05, 4.69) is 10.6 Å². The first-order valence-corrected chi connectivity index (χ1v) is 10.1. The van der Waals surface area contributed by atoms with Crippen LogP contribution < -0.4 is 16.4 Å². The van der Waals surface area contributed by atoms with Crippen LogP contribution in [0.15, 0.2) is 60.7 Å². The van der Waals surface area contributed by atoms with Crippen molar-refractivity contribution in [2.24, 2.45) is 5.73 Å². The van der Waals surface area contributed by atoms with Crippen LogP contribution >= 0.6 is 0 Å². The zero-order chi connectivity index (χ0) is 23.3. The van der Waals surface area contributed by atoms with Crippen molar-refractivity contribution in [3.63, 3.8) is 0 Å². The molecule has 0 bridgehead atoms. The zero-order valence-corrected chi connectivity index (χ0v) is 17.8. The normalized spacial score (nSPS) is 12.2. The van der Waals surface area contributed by atoms with Gasteiger partial charge in [-0.25, -0.2) is 9.59 Å². The van der Waals surface area contributed by atoms with E-state index in [0.29, 0.717) is 0 Å². The SMILES string of the molecule is COC(=O)C(Cc1ccccc1)NC(=O)C(CCC(N)=O)NC(=O)OCc1ccccc1. The van der Waals surface area contributed by atoms with Gasteiger partial charge in [0, 0.05) is 12.8 Å². The lowest BCUT2D eigenvalue weighted by atomic mass is 10.0. The van der Waals surface area contributed by atoms with Crippen LogP contribution in [0.2, 0.25) is 0 Å². The van der Waals surface area contributed by atoms with Crippen molar-refractivity contribution in [1.82, 2.24) is 10.6 Å². The predicted molar refractivity (Wildman–Crippen MR) is 116 cm³/mol. The van der Waals surface area contributed by atoms with Crippen LogP contribution in [0.4, 0.5) is 4.79 Å². The number of carbonyl (C=O) groups excluding carboxylic acids is 4. The fourth-order valence-corrected chi connectivity index (χ4v) is 2.92. The lowest BCUT2D eigenvalue weighted by Gasteiger charge is -2.22. The Bertz CT molecular complexity index is 904. The summed E-state index contributed by atoms with van der Waals surface area (Å²) in [6, 6.07) is 16.0. The first-order chi connectivity index (χ1) is 15.4. The van der Waals surface area contributed by atoms with E-state index in [9.17, 15) is 19.2 Å². The molecule has 170 valence electrons. The van der Waals surface area contributed by atoms with Crippen LogP contribution in [0.5, 0.6) is 0 Å². The van der Waals surface area contributed by atoms with Crippen molar-refractivity contribution >= 4 is 23.9 Å². The molecule has 0 saturated heterocycles. The number of alkyl carbamates (subject to hydrolysis) is 1. The fourth-order valence-electron chi connectivity index (χ4n) is 2.92. The van der Waals surface area contributed by atoms with E-state index in [4.69, 9.17) is 15.2 Å². The van der Waals surface area contributed by atoms with Crippen LogP contribution in [-0.4, -0.2) is 43.1 Å². The Labute approximate surface area is 186 Å². The topological polar surface area (TPSA) is 137 Å². The maximum atomic E-state index is 12.8. The Morgan fingerprint density at radius 2 is 1.47 bits per heavy atom. The monoisotopic (exact) mass is 441 g/mol. The summed E-state index contributed by atoms with van der Waals surface area (Å²) < 4.78 is 9.94. The number of rotatable bonds is 11. The summed E-state index contributed by atoms with van der Waals surface area (Å²) in [6.45, 7) is 0.00955. The van der Waals surface area contributed by atoms with E-state index in [0.717, 1.165) is 11.1 Å². The van der Waals surface area contributed by atoms with Gasteiger partial charge in [-0.1, -0.05) is 60.7 Å². The van der Waals surface area contributed by atoms with Crippen LogP contribution in [0.1, 0.15) is 24.0 Å². The Morgan fingerprint density at radius 1 is 0.875 bits per heavy atom. The molecular formula is C23H27N3O6. The number of hydrogen-bond acceptors (Lipinski definition) is 6. The average molecular weight is 441 g/mol. The van der Waals surface area contributed by atoms with E-state index in [1.165, 1.54) is 7.11 Å². The van der Waals surface area contributed by atoms with Crippen LogP contribution in [0, 0.1) is 0 Å². The summed E-state index contributed by atoms with van der Waals surface area (Å²) in [4.78, 5) is 48.5. The number of nitrogens with two attached hydrogens (primary N) is 1. The highest BCUT2D eigenvalue weighted by Crippen LogP contribution is 2.07. The average Bonchev–Trinajstić information content (AvgIpc) is 2.80. The number of benzene rings is 2. The molecule has 3 amide bonds. The first kappa shape index (κ1) is 24.4. The lowest BCUT2D eigenvalue weighted by molar-refractivity contribution is -0.145.